The molecule has 2 heteroatoms. The lowest BCUT2D eigenvalue weighted by Gasteiger charge is -2.04. The first kappa shape index (κ1) is 13.9. The number of aromatic nitrogens is 1. The Morgan fingerprint density at radius 1 is 1.00 bits per heavy atom. The fraction of sp³-hybridized carbons (Fsp3) is 0.0500. The second-order valence-electron chi connectivity index (χ2n) is 5.16. The normalized spacial score (nSPS) is 11.2. The fourth-order valence-corrected chi connectivity index (χ4v) is 2.51. The Hall–Kier alpha value is -3.05. The number of hydrogen-bond acceptors (Lipinski definition) is 1. The minimum Gasteiger partial charge on any atom is -0.321 e. The first-order valence-corrected chi connectivity index (χ1v) is 7.19. The number of hydrogen-bond donors (Lipinski definition) is 0. The Morgan fingerprint density at radius 3 is 2.27 bits per heavy atom. The minimum atomic E-state index is 0.672. The highest BCUT2D eigenvalue weighted by molar-refractivity contribution is 5.89. The smallest absolute Gasteiger partial charge is 0.0998 e. The van der Waals surface area contributed by atoms with Gasteiger partial charge in [-0.05, 0) is 42.3 Å². The van der Waals surface area contributed by atoms with E-state index in [9.17, 15) is 5.26 Å². The molecule has 2 aromatic carbocycles. The van der Waals surface area contributed by atoms with Gasteiger partial charge in [-0.1, -0.05) is 48.5 Å². The average molecular weight is 284 g/mol. The number of nitriles is 1. The molecule has 0 saturated carbocycles. The SMILES string of the molecule is Cc1cc(/C=C(/C#N)c2ccccc2)cn1-c1ccccc1. The molecule has 0 bridgehead atoms. The van der Waals surface area contributed by atoms with E-state index in [0.717, 1.165) is 22.5 Å². The van der Waals surface area contributed by atoms with Gasteiger partial charge in [0.1, 0.15) is 0 Å². The summed E-state index contributed by atoms with van der Waals surface area (Å²) in [6.07, 6.45) is 3.99. The van der Waals surface area contributed by atoms with Crippen molar-refractivity contribution in [3.05, 3.63) is 89.7 Å². The number of nitrogens with zero attached hydrogens (tertiary/aromatic N) is 2. The Morgan fingerprint density at radius 2 is 1.64 bits per heavy atom. The molecule has 0 aliphatic carbocycles. The molecular weight excluding hydrogens is 268 g/mol. The van der Waals surface area contributed by atoms with Crippen molar-refractivity contribution in [1.82, 2.24) is 4.57 Å². The molecule has 0 unspecified atom stereocenters. The van der Waals surface area contributed by atoms with Crippen LogP contribution in [0.15, 0.2) is 72.9 Å². The zero-order valence-electron chi connectivity index (χ0n) is 12.4. The van der Waals surface area contributed by atoms with Crippen LogP contribution in [0.2, 0.25) is 0 Å². The highest BCUT2D eigenvalue weighted by Gasteiger charge is 2.05. The largest absolute Gasteiger partial charge is 0.321 e. The lowest BCUT2D eigenvalue weighted by atomic mass is 10.1. The van der Waals surface area contributed by atoms with Crippen LogP contribution in [0, 0.1) is 18.3 Å². The van der Waals surface area contributed by atoms with E-state index >= 15 is 0 Å². The first-order valence-electron chi connectivity index (χ1n) is 7.19. The summed E-state index contributed by atoms with van der Waals surface area (Å²) in [7, 11) is 0. The summed E-state index contributed by atoms with van der Waals surface area (Å²) >= 11 is 0. The highest BCUT2D eigenvalue weighted by Crippen LogP contribution is 2.21. The summed E-state index contributed by atoms with van der Waals surface area (Å²) in [6, 6.07) is 24.3. The van der Waals surface area contributed by atoms with Crippen LogP contribution in [0.25, 0.3) is 17.3 Å². The van der Waals surface area contributed by atoms with Gasteiger partial charge in [0.2, 0.25) is 0 Å². The molecule has 0 saturated heterocycles. The molecule has 22 heavy (non-hydrogen) atoms. The summed E-state index contributed by atoms with van der Waals surface area (Å²) in [5, 5.41) is 9.41. The van der Waals surface area contributed by atoms with Crippen LogP contribution in [0.5, 0.6) is 0 Å². The van der Waals surface area contributed by atoms with Crippen molar-refractivity contribution in [2.45, 2.75) is 6.92 Å². The zero-order chi connectivity index (χ0) is 15.4. The predicted octanol–water partition coefficient (Wildman–Crippen LogP) is 4.85. The molecule has 0 radical (unpaired) electrons. The molecule has 0 aliphatic heterocycles. The first-order chi connectivity index (χ1) is 10.8. The van der Waals surface area contributed by atoms with Crippen LogP contribution in [-0.2, 0) is 0 Å². The Kier molecular flexibility index (Phi) is 3.89. The molecule has 106 valence electrons. The summed E-state index contributed by atoms with van der Waals surface area (Å²) in [5.74, 6) is 0. The molecule has 0 amide bonds. The van der Waals surface area contributed by atoms with E-state index < -0.39 is 0 Å². The van der Waals surface area contributed by atoms with E-state index in [-0.39, 0.29) is 0 Å². The molecule has 2 nitrogen and oxygen atoms in total. The molecule has 0 spiro atoms. The van der Waals surface area contributed by atoms with Gasteiger partial charge in [0.05, 0.1) is 11.6 Å². The Labute approximate surface area is 130 Å². The van der Waals surface area contributed by atoms with Gasteiger partial charge in [-0.2, -0.15) is 5.26 Å². The van der Waals surface area contributed by atoms with Gasteiger partial charge in [0, 0.05) is 17.6 Å². The molecular formula is C20H16N2. The lowest BCUT2D eigenvalue weighted by Crippen LogP contribution is -1.92. The Balaban J connectivity index is 2.00. The van der Waals surface area contributed by atoms with Crippen LogP contribution < -0.4 is 0 Å². The van der Waals surface area contributed by atoms with Gasteiger partial charge in [-0.3, -0.25) is 0 Å². The third-order valence-electron chi connectivity index (χ3n) is 3.58. The third-order valence-corrected chi connectivity index (χ3v) is 3.58. The zero-order valence-corrected chi connectivity index (χ0v) is 12.4. The molecule has 0 atom stereocenters. The number of allylic oxidation sites excluding steroid dienone is 1. The number of rotatable bonds is 3. The maximum absolute atomic E-state index is 9.41. The maximum Gasteiger partial charge on any atom is 0.0998 e. The summed E-state index contributed by atoms with van der Waals surface area (Å²) in [4.78, 5) is 0. The van der Waals surface area contributed by atoms with E-state index in [1.54, 1.807) is 0 Å². The summed E-state index contributed by atoms with van der Waals surface area (Å²) in [5.41, 5.74) is 4.91. The van der Waals surface area contributed by atoms with Gasteiger partial charge < -0.3 is 4.57 Å². The van der Waals surface area contributed by atoms with Gasteiger partial charge in [-0.15, -0.1) is 0 Å². The topological polar surface area (TPSA) is 28.7 Å². The molecule has 1 aromatic heterocycles. The third kappa shape index (κ3) is 2.84. The van der Waals surface area contributed by atoms with Crippen molar-refractivity contribution in [2.75, 3.05) is 0 Å². The number of para-hydroxylation sites is 1. The van der Waals surface area contributed by atoms with Gasteiger partial charge in [-0.25, -0.2) is 0 Å². The van der Waals surface area contributed by atoms with Crippen molar-refractivity contribution in [3.63, 3.8) is 0 Å². The standard InChI is InChI=1S/C20H16N2/c1-16-12-17(15-22(16)20-10-6-3-7-11-20)13-19(14-21)18-8-4-2-5-9-18/h2-13,15H,1H3/b19-13-. The summed E-state index contributed by atoms with van der Waals surface area (Å²) in [6.45, 7) is 2.07. The molecule has 0 N–H and O–H groups in total. The monoisotopic (exact) mass is 284 g/mol. The highest BCUT2D eigenvalue weighted by atomic mass is 15.0. The second-order valence-corrected chi connectivity index (χ2v) is 5.16. The fourth-order valence-electron chi connectivity index (χ4n) is 2.51. The molecule has 0 aliphatic rings. The number of aryl methyl sites for hydroxylation is 1. The van der Waals surface area contributed by atoms with Crippen molar-refractivity contribution in [1.29, 1.82) is 5.26 Å². The van der Waals surface area contributed by atoms with E-state index in [2.05, 4.69) is 42.0 Å². The molecule has 3 rings (SSSR count). The van der Waals surface area contributed by atoms with Crippen LogP contribution in [0.3, 0.4) is 0 Å². The second kappa shape index (κ2) is 6.15. The van der Waals surface area contributed by atoms with Crippen molar-refractivity contribution >= 4 is 11.6 Å². The van der Waals surface area contributed by atoms with Crippen molar-refractivity contribution in [2.24, 2.45) is 0 Å². The maximum atomic E-state index is 9.41. The van der Waals surface area contributed by atoms with E-state index in [0.29, 0.717) is 5.57 Å². The molecule has 3 aromatic rings. The summed E-state index contributed by atoms with van der Waals surface area (Å²) < 4.78 is 2.13. The van der Waals surface area contributed by atoms with E-state index in [4.69, 9.17) is 0 Å². The lowest BCUT2D eigenvalue weighted by molar-refractivity contribution is 1.02. The Bertz CT molecular complexity index is 834. The van der Waals surface area contributed by atoms with Crippen LogP contribution in [0.4, 0.5) is 0 Å². The van der Waals surface area contributed by atoms with Crippen LogP contribution >= 0.6 is 0 Å². The van der Waals surface area contributed by atoms with Crippen molar-refractivity contribution < 1.29 is 0 Å². The van der Waals surface area contributed by atoms with Crippen molar-refractivity contribution in [3.8, 4) is 11.8 Å². The van der Waals surface area contributed by atoms with Gasteiger partial charge >= 0.3 is 0 Å². The number of benzene rings is 2. The average Bonchev–Trinajstić information content (AvgIpc) is 2.95. The van der Waals surface area contributed by atoms with Gasteiger partial charge in [0.15, 0.2) is 0 Å². The quantitative estimate of drug-likeness (QED) is 0.632. The predicted molar refractivity (Wildman–Crippen MR) is 90.4 cm³/mol. The molecule has 1 heterocycles. The van der Waals surface area contributed by atoms with Crippen LogP contribution in [0.1, 0.15) is 16.8 Å². The minimum absolute atomic E-state index is 0.672. The van der Waals surface area contributed by atoms with E-state index in [1.807, 2.05) is 54.6 Å². The van der Waals surface area contributed by atoms with Gasteiger partial charge in [0.25, 0.3) is 0 Å². The van der Waals surface area contributed by atoms with Crippen LogP contribution in [-0.4, -0.2) is 4.57 Å². The van der Waals surface area contributed by atoms with E-state index in [1.165, 1.54) is 0 Å². The molecule has 0 fully saturated rings.